The maximum Gasteiger partial charge on any atom is 0.0810 e. The maximum absolute atomic E-state index is 5.09. The highest BCUT2D eigenvalue weighted by Crippen LogP contribution is 2.16. The van der Waals surface area contributed by atoms with Crippen LogP contribution in [0.1, 0.15) is 12.8 Å². The first-order chi connectivity index (χ1) is 4.93. The summed E-state index contributed by atoms with van der Waals surface area (Å²) in [6.45, 7) is 4.67. The zero-order valence-electron chi connectivity index (χ0n) is 6.21. The fraction of sp³-hybridized carbons (Fsp3) is 0.750. The van der Waals surface area contributed by atoms with E-state index in [1.54, 1.807) is 0 Å². The summed E-state index contributed by atoms with van der Waals surface area (Å²) in [6, 6.07) is 0. The number of epoxide rings is 1. The van der Waals surface area contributed by atoms with E-state index >= 15 is 0 Å². The Kier molecular flexibility index (Phi) is 3.91. The summed E-state index contributed by atoms with van der Waals surface area (Å²) in [5.41, 5.74) is 0. The molecule has 0 radical (unpaired) electrons. The van der Waals surface area contributed by atoms with E-state index in [4.69, 9.17) is 4.74 Å². The van der Waals surface area contributed by atoms with Crippen molar-refractivity contribution < 1.29 is 4.74 Å². The summed E-state index contributed by atoms with van der Waals surface area (Å²) in [7, 11) is 0. The quantitative estimate of drug-likeness (QED) is 0.333. The number of thioether (sulfide) groups is 1. The van der Waals surface area contributed by atoms with Crippen LogP contribution in [0.5, 0.6) is 0 Å². The van der Waals surface area contributed by atoms with Gasteiger partial charge in [0, 0.05) is 5.75 Å². The third-order valence-electron chi connectivity index (χ3n) is 1.45. The number of rotatable bonds is 6. The van der Waals surface area contributed by atoms with E-state index < -0.39 is 0 Å². The second-order valence-corrected chi connectivity index (χ2v) is 3.61. The van der Waals surface area contributed by atoms with Crippen LogP contribution in [0.4, 0.5) is 0 Å². The summed E-state index contributed by atoms with van der Waals surface area (Å²) in [4.78, 5) is 0. The summed E-state index contributed by atoms with van der Waals surface area (Å²) in [6.07, 6.45) is 5.12. The lowest BCUT2D eigenvalue weighted by Crippen LogP contribution is -1.87. The second-order valence-electron chi connectivity index (χ2n) is 2.46. The van der Waals surface area contributed by atoms with Gasteiger partial charge in [-0.05, 0) is 18.6 Å². The Morgan fingerprint density at radius 2 is 2.50 bits per heavy atom. The molecule has 0 aliphatic carbocycles. The molecule has 0 aromatic rings. The van der Waals surface area contributed by atoms with E-state index in [1.807, 2.05) is 17.8 Å². The van der Waals surface area contributed by atoms with Crippen LogP contribution in [0, 0.1) is 0 Å². The SMILES string of the molecule is C=CCSCCCC1CO1. The molecule has 0 N–H and O–H groups in total. The van der Waals surface area contributed by atoms with Crippen LogP contribution in [0.2, 0.25) is 0 Å². The standard InChI is InChI=1S/C8H14OS/c1-2-5-10-6-3-4-8-7-9-8/h2,8H,1,3-7H2. The molecule has 1 atom stereocenters. The molecular weight excluding hydrogens is 144 g/mol. The summed E-state index contributed by atoms with van der Waals surface area (Å²) >= 11 is 1.95. The monoisotopic (exact) mass is 158 g/mol. The van der Waals surface area contributed by atoms with Gasteiger partial charge in [-0.2, -0.15) is 11.8 Å². The molecule has 0 spiro atoms. The van der Waals surface area contributed by atoms with Crippen molar-refractivity contribution in [3.05, 3.63) is 12.7 Å². The second kappa shape index (κ2) is 4.80. The van der Waals surface area contributed by atoms with Gasteiger partial charge in [0.2, 0.25) is 0 Å². The highest BCUT2D eigenvalue weighted by molar-refractivity contribution is 7.99. The average molecular weight is 158 g/mol. The van der Waals surface area contributed by atoms with Crippen molar-refractivity contribution in [1.29, 1.82) is 0 Å². The van der Waals surface area contributed by atoms with E-state index in [-0.39, 0.29) is 0 Å². The van der Waals surface area contributed by atoms with Gasteiger partial charge in [0.1, 0.15) is 0 Å². The Balaban J connectivity index is 1.72. The smallest absolute Gasteiger partial charge is 0.0810 e. The highest BCUT2D eigenvalue weighted by atomic mass is 32.2. The van der Waals surface area contributed by atoms with E-state index in [0.29, 0.717) is 6.10 Å². The Morgan fingerprint density at radius 3 is 3.10 bits per heavy atom. The van der Waals surface area contributed by atoms with Crippen LogP contribution < -0.4 is 0 Å². The molecule has 1 saturated heterocycles. The van der Waals surface area contributed by atoms with Crippen molar-refractivity contribution in [2.24, 2.45) is 0 Å². The van der Waals surface area contributed by atoms with Crippen molar-refractivity contribution in [2.45, 2.75) is 18.9 Å². The first kappa shape index (κ1) is 8.15. The highest BCUT2D eigenvalue weighted by Gasteiger charge is 2.20. The predicted octanol–water partition coefficient (Wildman–Crippen LogP) is 2.08. The van der Waals surface area contributed by atoms with Gasteiger partial charge in [-0.1, -0.05) is 6.08 Å². The van der Waals surface area contributed by atoms with E-state index in [0.717, 1.165) is 12.4 Å². The minimum atomic E-state index is 0.615. The fourth-order valence-electron chi connectivity index (χ4n) is 0.814. The molecule has 10 heavy (non-hydrogen) atoms. The minimum absolute atomic E-state index is 0.615. The van der Waals surface area contributed by atoms with E-state index in [2.05, 4.69) is 6.58 Å². The lowest BCUT2D eigenvalue weighted by atomic mass is 10.3. The fourth-order valence-corrected chi connectivity index (χ4v) is 1.52. The first-order valence-corrected chi connectivity index (χ1v) is 4.89. The molecule has 0 aromatic heterocycles. The largest absolute Gasteiger partial charge is 0.373 e. The molecule has 58 valence electrons. The normalized spacial score (nSPS) is 22.6. The van der Waals surface area contributed by atoms with Gasteiger partial charge >= 0.3 is 0 Å². The zero-order chi connectivity index (χ0) is 7.23. The van der Waals surface area contributed by atoms with Crippen molar-refractivity contribution in [1.82, 2.24) is 0 Å². The Hall–Kier alpha value is 0.0500. The molecule has 1 fully saturated rings. The van der Waals surface area contributed by atoms with Crippen LogP contribution in [0.25, 0.3) is 0 Å². The zero-order valence-corrected chi connectivity index (χ0v) is 7.03. The van der Waals surface area contributed by atoms with Gasteiger partial charge in [0.25, 0.3) is 0 Å². The molecule has 1 unspecified atom stereocenters. The number of hydrogen-bond acceptors (Lipinski definition) is 2. The van der Waals surface area contributed by atoms with Crippen LogP contribution in [0.3, 0.4) is 0 Å². The van der Waals surface area contributed by atoms with Crippen LogP contribution in [-0.2, 0) is 4.74 Å². The Morgan fingerprint density at radius 1 is 1.70 bits per heavy atom. The van der Waals surface area contributed by atoms with Crippen molar-refractivity contribution in [3.63, 3.8) is 0 Å². The van der Waals surface area contributed by atoms with Gasteiger partial charge in [-0.25, -0.2) is 0 Å². The molecule has 0 amide bonds. The lowest BCUT2D eigenvalue weighted by Gasteiger charge is -1.94. The van der Waals surface area contributed by atoms with Gasteiger partial charge in [0.15, 0.2) is 0 Å². The maximum atomic E-state index is 5.09. The van der Waals surface area contributed by atoms with Crippen molar-refractivity contribution in [2.75, 3.05) is 18.1 Å². The van der Waals surface area contributed by atoms with Crippen molar-refractivity contribution >= 4 is 11.8 Å². The topological polar surface area (TPSA) is 12.5 Å². The minimum Gasteiger partial charge on any atom is -0.373 e. The molecule has 0 saturated carbocycles. The van der Waals surface area contributed by atoms with Gasteiger partial charge in [-0.15, -0.1) is 6.58 Å². The molecule has 0 bridgehead atoms. The Labute approximate surface area is 66.8 Å². The molecule has 1 heterocycles. The summed E-state index contributed by atoms with van der Waals surface area (Å²) in [5, 5.41) is 0. The van der Waals surface area contributed by atoms with Gasteiger partial charge in [0.05, 0.1) is 12.7 Å². The van der Waals surface area contributed by atoms with Crippen LogP contribution in [0.15, 0.2) is 12.7 Å². The van der Waals surface area contributed by atoms with E-state index in [1.165, 1.54) is 18.6 Å². The molecule has 1 aliphatic heterocycles. The first-order valence-electron chi connectivity index (χ1n) is 3.73. The molecule has 1 aliphatic rings. The molecule has 1 rings (SSSR count). The van der Waals surface area contributed by atoms with Gasteiger partial charge in [-0.3, -0.25) is 0 Å². The van der Waals surface area contributed by atoms with Crippen LogP contribution in [-0.4, -0.2) is 24.2 Å². The summed E-state index contributed by atoms with van der Waals surface area (Å²) < 4.78 is 5.09. The molecule has 0 aromatic carbocycles. The average Bonchev–Trinajstić information content (AvgIpc) is 2.71. The predicted molar refractivity (Wildman–Crippen MR) is 46.5 cm³/mol. The van der Waals surface area contributed by atoms with E-state index in [9.17, 15) is 0 Å². The van der Waals surface area contributed by atoms with Gasteiger partial charge < -0.3 is 4.74 Å². The third kappa shape index (κ3) is 3.96. The van der Waals surface area contributed by atoms with Crippen LogP contribution >= 0.6 is 11.8 Å². The molecule has 1 nitrogen and oxygen atoms in total. The Bertz CT molecular complexity index is 99.4. The summed E-state index contributed by atoms with van der Waals surface area (Å²) in [5.74, 6) is 2.34. The molecular formula is C8H14OS. The third-order valence-corrected chi connectivity index (χ3v) is 2.50. The lowest BCUT2D eigenvalue weighted by molar-refractivity contribution is 0.395. The van der Waals surface area contributed by atoms with Crippen molar-refractivity contribution in [3.8, 4) is 0 Å². The molecule has 2 heteroatoms. The number of ether oxygens (including phenoxy) is 1. The number of hydrogen-bond donors (Lipinski definition) is 0.